The quantitative estimate of drug-likeness (QED) is 0.733. The van der Waals surface area contributed by atoms with Crippen molar-refractivity contribution in [2.45, 2.75) is 12.5 Å². The van der Waals surface area contributed by atoms with E-state index in [0.717, 1.165) is 14.7 Å². The highest BCUT2D eigenvalue weighted by Crippen LogP contribution is 2.31. The van der Waals surface area contributed by atoms with Crippen LogP contribution in [-0.4, -0.2) is 5.78 Å². The topological polar surface area (TPSA) is 43.1 Å². The molecule has 1 atom stereocenters. The molecule has 0 fully saturated rings. The maximum atomic E-state index is 11.4. The van der Waals surface area contributed by atoms with Crippen molar-refractivity contribution in [2.75, 3.05) is 0 Å². The van der Waals surface area contributed by atoms with E-state index >= 15 is 0 Å². The minimum Gasteiger partial charge on any atom is -0.324 e. The first-order valence-electron chi connectivity index (χ1n) is 3.77. The van der Waals surface area contributed by atoms with Crippen molar-refractivity contribution in [3.63, 3.8) is 0 Å². The van der Waals surface area contributed by atoms with Crippen LogP contribution in [-0.2, 0) is 0 Å². The van der Waals surface area contributed by atoms with E-state index in [-0.39, 0.29) is 11.8 Å². The standard InChI is InChI=1S/C9H8INO/c10-6-3-1-2-5-7(11)4-8(12)9(5)6/h1-3,7H,4,11H2. The predicted octanol–water partition coefficient (Wildman–Crippen LogP) is 1.88. The van der Waals surface area contributed by atoms with Crippen LogP contribution in [0.1, 0.15) is 28.4 Å². The number of carbonyl (C=O) groups is 1. The second kappa shape index (κ2) is 2.81. The van der Waals surface area contributed by atoms with Crippen LogP contribution in [0.5, 0.6) is 0 Å². The first-order valence-corrected chi connectivity index (χ1v) is 4.85. The van der Waals surface area contributed by atoms with Crippen molar-refractivity contribution >= 4 is 28.4 Å². The molecule has 0 spiro atoms. The zero-order valence-electron chi connectivity index (χ0n) is 6.38. The fourth-order valence-corrected chi connectivity index (χ4v) is 2.38. The van der Waals surface area contributed by atoms with Gasteiger partial charge in [0, 0.05) is 21.6 Å². The van der Waals surface area contributed by atoms with Crippen LogP contribution < -0.4 is 5.73 Å². The SMILES string of the molecule is NC1CC(=O)c2c(I)cccc21. The smallest absolute Gasteiger partial charge is 0.166 e. The van der Waals surface area contributed by atoms with Gasteiger partial charge in [-0.3, -0.25) is 4.79 Å². The van der Waals surface area contributed by atoms with Crippen LogP contribution in [0.15, 0.2) is 18.2 Å². The molecule has 1 aliphatic rings. The van der Waals surface area contributed by atoms with Crippen LogP contribution in [0.25, 0.3) is 0 Å². The molecular formula is C9H8INO. The molecule has 0 saturated heterocycles. The van der Waals surface area contributed by atoms with Gasteiger partial charge in [-0.15, -0.1) is 0 Å². The van der Waals surface area contributed by atoms with E-state index < -0.39 is 0 Å². The van der Waals surface area contributed by atoms with Gasteiger partial charge in [-0.1, -0.05) is 12.1 Å². The van der Waals surface area contributed by atoms with Crippen LogP contribution in [0, 0.1) is 3.57 Å². The van der Waals surface area contributed by atoms with Gasteiger partial charge in [0.1, 0.15) is 0 Å². The molecule has 1 aromatic rings. The van der Waals surface area contributed by atoms with Crippen molar-refractivity contribution in [1.29, 1.82) is 0 Å². The summed E-state index contributed by atoms with van der Waals surface area (Å²) in [4.78, 5) is 11.4. The van der Waals surface area contributed by atoms with Gasteiger partial charge in [-0.25, -0.2) is 0 Å². The van der Waals surface area contributed by atoms with Crippen molar-refractivity contribution in [3.8, 4) is 0 Å². The summed E-state index contributed by atoms with van der Waals surface area (Å²) in [5.41, 5.74) is 7.63. The van der Waals surface area contributed by atoms with Crippen LogP contribution in [0.2, 0.25) is 0 Å². The molecule has 0 radical (unpaired) electrons. The predicted molar refractivity (Wildman–Crippen MR) is 55.0 cm³/mol. The number of halogens is 1. The molecule has 2 rings (SSSR count). The van der Waals surface area contributed by atoms with Gasteiger partial charge < -0.3 is 5.73 Å². The highest BCUT2D eigenvalue weighted by molar-refractivity contribution is 14.1. The van der Waals surface area contributed by atoms with Crippen LogP contribution in [0.3, 0.4) is 0 Å². The fraction of sp³-hybridized carbons (Fsp3) is 0.222. The first-order chi connectivity index (χ1) is 5.70. The average Bonchev–Trinajstić information content (AvgIpc) is 2.29. The van der Waals surface area contributed by atoms with Crippen LogP contribution in [0.4, 0.5) is 0 Å². The summed E-state index contributed by atoms with van der Waals surface area (Å²) in [6.07, 6.45) is 0.468. The molecule has 0 saturated carbocycles. The monoisotopic (exact) mass is 273 g/mol. The van der Waals surface area contributed by atoms with Crippen LogP contribution >= 0.6 is 22.6 Å². The molecule has 3 heteroatoms. The highest BCUT2D eigenvalue weighted by atomic mass is 127. The molecular weight excluding hydrogens is 265 g/mol. The van der Waals surface area contributed by atoms with Gasteiger partial charge in [-0.2, -0.15) is 0 Å². The molecule has 1 unspecified atom stereocenters. The van der Waals surface area contributed by atoms with Crippen molar-refractivity contribution in [2.24, 2.45) is 5.73 Å². The van der Waals surface area contributed by atoms with Gasteiger partial charge >= 0.3 is 0 Å². The first kappa shape index (κ1) is 8.19. The lowest BCUT2D eigenvalue weighted by molar-refractivity contribution is 0.0988. The summed E-state index contributed by atoms with van der Waals surface area (Å²) in [6.45, 7) is 0. The number of rotatable bonds is 0. The molecule has 0 aliphatic heterocycles. The Morgan fingerprint density at radius 3 is 2.92 bits per heavy atom. The summed E-state index contributed by atoms with van der Waals surface area (Å²) < 4.78 is 1.02. The molecule has 2 nitrogen and oxygen atoms in total. The fourth-order valence-electron chi connectivity index (χ4n) is 1.56. The highest BCUT2D eigenvalue weighted by Gasteiger charge is 2.27. The Labute approximate surface area is 84.3 Å². The summed E-state index contributed by atoms with van der Waals surface area (Å²) >= 11 is 2.17. The van der Waals surface area contributed by atoms with Crippen molar-refractivity contribution in [1.82, 2.24) is 0 Å². The lowest BCUT2D eigenvalue weighted by atomic mass is 10.1. The minimum absolute atomic E-state index is 0.0813. The van der Waals surface area contributed by atoms with E-state index in [9.17, 15) is 4.79 Å². The average molecular weight is 273 g/mol. The van der Waals surface area contributed by atoms with E-state index in [0.29, 0.717) is 6.42 Å². The second-order valence-electron chi connectivity index (χ2n) is 2.94. The Balaban J connectivity index is 2.67. The maximum absolute atomic E-state index is 11.4. The molecule has 0 heterocycles. The number of nitrogens with two attached hydrogens (primary N) is 1. The summed E-state index contributed by atoms with van der Waals surface area (Å²) in [6, 6.07) is 5.74. The van der Waals surface area contributed by atoms with Gasteiger partial charge in [0.2, 0.25) is 0 Å². The summed E-state index contributed by atoms with van der Waals surface area (Å²) in [5, 5.41) is 0. The van der Waals surface area contributed by atoms with Crippen molar-refractivity contribution in [3.05, 3.63) is 32.9 Å². The Bertz CT molecular complexity index is 348. The molecule has 0 aromatic heterocycles. The number of hydrogen-bond acceptors (Lipinski definition) is 2. The Morgan fingerprint density at radius 1 is 1.50 bits per heavy atom. The normalized spacial score (nSPS) is 21.2. The number of Topliss-reactive ketones (excluding diaryl/α,β-unsaturated/α-hetero) is 1. The van der Waals surface area contributed by atoms with E-state index in [4.69, 9.17) is 5.73 Å². The van der Waals surface area contributed by atoms with Gasteiger partial charge in [0.05, 0.1) is 0 Å². The number of benzene rings is 1. The molecule has 0 amide bonds. The summed E-state index contributed by atoms with van der Waals surface area (Å²) in [5.74, 6) is 0.183. The second-order valence-corrected chi connectivity index (χ2v) is 4.10. The Kier molecular flexibility index (Phi) is 1.92. The third kappa shape index (κ3) is 1.08. The Morgan fingerprint density at radius 2 is 2.25 bits per heavy atom. The van der Waals surface area contributed by atoms with Gasteiger partial charge in [0.25, 0.3) is 0 Å². The van der Waals surface area contributed by atoms with E-state index in [1.165, 1.54) is 0 Å². The largest absolute Gasteiger partial charge is 0.324 e. The van der Waals surface area contributed by atoms with Crippen molar-refractivity contribution < 1.29 is 4.79 Å². The van der Waals surface area contributed by atoms with E-state index in [2.05, 4.69) is 22.6 Å². The molecule has 1 aromatic carbocycles. The zero-order valence-corrected chi connectivity index (χ0v) is 8.54. The van der Waals surface area contributed by atoms with E-state index in [1.54, 1.807) is 0 Å². The number of fused-ring (bicyclic) bond motifs is 1. The van der Waals surface area contributed by atoms with Gasteiger partial charge in [-0.05, 0) is 34.2 Å². The van der Waals surface area contributed by atoms with E-state index in [1.807, 2.05) is 18.2 Å². The third-order valence-corrected chi connectivity index (χ3v) is 3.03. The minimum atomic E-state index is -0.0813. The zero-order chi connectivity index (χ0) is 8.72. The molecule has 62 valence electrons. The number of carbonyl (C=O) groups excluding carboxylic acids is 1. The summed E-state index contributed by atoms with van der Waals surface area (Å²) in [7, 11) is 0. The maximum Gasteiger partial charge on any atom is 0.166 e. The molecule has 2 N–H and O–H groups in total. The molecule has 12 heavy (non-hydrogen) atoms. The molecule has 0 bridgehead atoms. The number of hydrogen-bond donors (Lipinski definition) is 1. The third-order valence-electron chi connectivity index (χ3n) is 2.13. The van der Waals surface area contributed by atoms with Gasteiger partial charge in [0.15, 0.2) is 5.78 Å². The lowest BCUT2D eigenvalue weighted by Crippen LogP contribution is -2.05. The number of ketones is 1. The Hall–Kier alpha value is -0.420. The lowest BCUT2D eigenvalue weighted by Gasteiger charge is -2.02. The molecule has 1 aliphatic carbocycles.